The number of halogens is 7. The Hall–Kier alpha value is -8.89. The van der Waals surface area contributed by atoms with Gasteiger partial charge in [0.25, 0.3) is 0 Å². The third-order valence-corrected chi connectivity index (χ3v) is 11.3. The highest BCUT2D eigenvalue weighted by Gasteiger charge is 2.42. The molecule has 0 saturated heterocycles. The average molecular weight is 1010 g/mol. The van der Waals surface area contributed by atoms with Gasteiger partial charge < -0.3 is 28.4 Å². The molecule has 6 nitrogen and oxygen atoms in total. The minimum Gasteiger partial charge on any atom is -0.484 e. The molecule has 74 heavy (non-hydrogen) atoms. The predicted octanol–water partition coefficient (Wildman–Crippen LogP) is 15.5. The van der Waals surface area contributed by atoms with Crippen LogP contribution in [0.2, 0.25) is 0 Å². The number of rotatable bonds is 21. The molecule has 0 aliphatic heterocycles. The predicted molar refractivity (Wildman–Crippen MR) is 268 cm³/mol. The van der Waals surface area contributed by atoms with E-state index in [-0.39, 0.29) is 96.2 Å². The van der Waals surface area contributed by atoms with Gasteiger partial charge in [0.1, 0.15) is 56.0 Å². The molecule has 0 heterocycles. The number of hydrogen-bond acceptors (Lipinski definition) is 6. The Kier molecular flexibility index (Phi) is 16.7. The van der Waals surface area contributed by atoms with Crippen molar-refractivity contribution in [3.8, 4) is 46.8 Å². The van der Waals surface area contributed by atoms with E-state index in [0.717, 1.165) is 27.8 Å². The fourth-order valence-electron chi connectivity index (χ4n) is 7.58. The van der Waals surface area contributed by atoms with E-state index in [0.29, 0.717) is 12.1 Å². The maximum absolute atomic E-state index is 15.7. The van der Waals surface area contributed by atoms with Crippen molar-refractivity contribution in [2.75, 3.05) is 0 Å². The zero-order chi connectivity index (χ0) is 52.0. The molecule has 13 heteroatoms. The highest BCUT2D eigenvalue weighted by atomic mass is 19.3. The molecule has 0 spiro atoms. The van der Waals surface area contributed by atoms with Gasteiger partial charge in [-0.1, -0.05) is 164 Å². The smallest absolute Gasteiger partial charge is 0.432 e. The van der Waals surface area contributed by atoms with Crippen LogP contribution in [-0.4, -0.2) is 0 Å². The lowest BCUT2D eigenvalue weighted by molar-refractivity contribution is -0.189. The second-order valence-electron chi connectivity index (χ2n) is 16.6. The molecule has 8 aromatic carbocycles. The van der Waals surface area contributed by atoms with E-state index in [2.05, 4.69) is 10.7 Å². The molecule has 8 aromatic rings. The van der Waals surface area contributed by atoms with Crippen LogP contribution in [0.3, 0.4) is 0 Å². The Bertz CT molecular complexity index is 3130. The lowest BCUT2D eigenvalue weighted by atomic mass is 9.98. The first-order valence-electron chi connectivity index (χ1n) is 23.0. The van der Waals surface area contributed by atoms with Crippen molar-refractivity contribution in [3.63, 3.8) is 0 Å². The van der Waals surface area contributed by atoms with Gasteiger partial charge in [-0.05, 0) is 64.1 Å². The van der Waals surface area contributed by atoms with Crippen LogP contribution >= 0.6 is 0 Å². The van der Waals surface area contributed by atoms with Crippen molar-refractivity contribution in [2.45, 2.75) is 46.1 Å². The average Bonchev–Trinajstić information content (AvgIpc) is 3.41. The molecule has 0 fully saturated rings. The summed E-state index contributed by atoms with van der Waals surface area (Å²) in [7, 11) is 0. The minimum absolute atomic E-state index is 0.00693. The van der Waals surface area contributed by atoms with Crippen LogP contribution in [0, 0.1) is 41.4 Å². The second-order valence-corrected chi connectivity index (χ2v) is 16.6. The Balaban J connectivity index is 1.32. The summed E-state index contributed by atoms with van der Waals surface area (Å²) in [5.74, 6) is -7.16. The van der Waals surface area contributed by atoms with Crippen LogP contribution in [0.15, 0.2) is 188 Å². The number of allylic oxidation sites excluding steroid dienone is 4. The first-order chi connectivity index (χ1) is 35.9. The van der Waals surface area contributed by atoms with Crippen molar-refractivity contribution in [1.29, 1.82) is 0 Å². The van der Waals surface area contributed by atoms with E-state index in [9.17, 15) is 13.2 Å². The minimum atomic E-state index is -4.80. The number of terminal acetylenes is 1. The highest BCUT2D eigenvalue weighted by molar-refractivity contribution is 5.91. The normalized spacial score (nSPS) is 11.7. The van der Waals surface area contributed by atoms with Gasteiger partial charge in [-0.25, -0.2) is 22.0 Å². The topological polar surface area (TPSA) is 55.4 Å². The molecule has 8 rings (SSSR count). The van der Waals surface area contributed by atoms with Gasteiger partial charge in [0.2, 0.25) is 17.2 Å². The molecular formula is C61H45F7O6. The molecule has 0 unspecified atom stereocenters. The Morgan fingerprint density at radius 3 is 1.12 bits per heavy atom. The third kappa shape index (κ3) is 12.8. The molecule has 0 bridgehead atoms. The molecule has 0 aliphatic carbocycles. The summed E-state index contributed by atoms with van der Waals surface area (Å²) < 4.78 is 142. The third-order valence-electron chi connectivity index (χ3n) is 11.3. The molecular weight excluding hydrogens is 962 g/mol. The van der Waals surface area contributed by atoms with Gasteiger partial charge in [0.05, 0.1) is 5.56 Å². The van der Waals surface area contributed by atoms with E-state index in [1.165, 1.54) is 19.1 Å². The second kappa shape index (κ2) is 24.0. The van der Waals surface area contributed by atoms with Crippen molar-refractivity contribution < 1.29 is 59.2 Å². The maximum atomic E-state index is 15.7. The van der Waals surface area contributed by atoms with Crippen LogP contribution in [0.25, 0.3) is 11.1 Å². The Morgan fingerprint density at radius 2 is 0.784 bits per heavy atom. The molecule has 0 aliphatic rings. The van der Waals surface area contributed by atoms with Crippen LogP contribution in [0.4, 0.5) is 30.7 Å². The summed E-state index contributed by atoms with van der Waals surface area (Å²) in [5.41, 5.74) is 2.30. The van der Waals surface area contributed by atoms with Gasteiger partial charge in [-0.3, -0.25) is 0 Å². The molecule has 0 saturated carbocycles. The van der Waals surface area contributed by atoms with Crippen LogP contribution in [0.5, 0.6) is 34.5 Å². The first kappa shape index (κ1) is 51.5. The van der Waals surface area contributed by atoms with Gasteiger partial charge in [-0.2, -0.15) is 8.78 Å². The van der Waals surface area contributed by atoms with Crippen molar-refractivity contribution in [1.82, 2.24) is 0 Å². The fourth-order valence-corrected chi connectivity index (χ4v) is 7.58. The van der Waals surface area contributed by atoms with Gasteiger partial charge in [-0.15, -0.1) is 6.42 Å². The SMILES string of the molecule is C#C/C(=C\C=C(/C)c1cc(F)c(C(F)(F)Oc2cc(F)c(F)c(F)c2)c(F)c1)c1c(OCc2ccccc2)c(OCc2ccccc2)c(OCc2ccccc2)c(OCc2ccccc2)c1OCc1ccccc1. The molecule has 0 amide bonds. The van der Waals surface area contributed by atoms with Crippen molar-refractivity contribution in [2.24, 2.45) is 0 Å². The first-order valence-corrected chi connectivity index (χ1v) is 23.0. The van der Waals surface area contributed by atoms with Crippen molar-refractivity contribution >= 4 is 11.1 Å². The molecule has 0 aromatic heterocycles. The summed E-state index contributed by atoms with van der Waals surface area (Å²) in [5, 5.41) is 0. The lowest BCUT2D eigenvalue weighted by Crippen LogP contribution is -2.25. The number of hydrogen-bond donors (Lipinski definition) is 0. The van der Waals surface area contributed by atoms with E-state index in [1.54, 1.807) is 0 Å². The van der Waals surface area contributed by atoms with E-state index in [4.69, 9.17) is 30.1 Å². The molecule has 0 atom stereocenters. The largest absolute Gasteiger partial charge is 0.484 e. The highest BCUT2D eigenvalue weighted by Crippen LogP contribution is 2.57. The number of benzene rings is 8. The van der Waals surface area contributed by atoms with E-state index >= 15 is 17.6 Å². The maximum Gasteiger partial charge on any atom is 0.432 e. The van der Waals surface area contributed by atoms with E-state index in [1.807, 2.05) is 152 Å². The zero-order valence-corrected chi connectivity index (χ0v) is 39.6. The lowest BCUT2D eigenvalue weighted by Gasteiger charge is -2.26. The number of alkyl halides is 2. The van der Waals surface area contributed by atoms with Gasteiger partial charge in [0.15, 0.2) is 29.0 Å². The van der Waals surface area contributed by atoms with Crippen LogP contribution < -0.4 is 28.4 Å². The van der Waals surface area contributed by atoms with Gasteiger partial charge in [0, 0.05) is 17.7 Å². The van der Waals surface area contributed by atoms with Crippen molar-refractivity contribution in [3.05, 3.63) is 262 Å². The van der Waals surface area contributed by atoms with Crippen LogP contribution in [0.1, 0.15) is 51.4 Å². The van der Waals surface area contributed by atoms with E-state index < -0.39 is 46.5 Å². The monoisotopic (exact) mass is 1010 g/mol. The summed E-state index contributed by atoms with van der Waals surface area (Å²) in [4.78, 5) is 0. The molecule has 0 N–H and O–H groups in total. The van der Waals surface area contributed by atoms with Gasteiger partial charge >= 0.3 is 6.11 Å². The molecule has 0 radical (unpaired) electrons. The zero-order valence-electron chi connectivity index (χ0n) is 39.6. The summed E-state index contributed by atoms with van der Waals surface area (Å²) in [6.07, 6.45) is 4.50. The molecule has 374 valence electrons. The summed E-state index contributed by atoms with van der Waals surface area (Å²) in [6.45, 7) is 1.54. The number of ether oxygens (including phenoxy) is 6. The summed E-state index contributed by atoms with van der Waals surface area (Å²) in [6, 6.07) is 48.4. The fraction of sp³-hybridized carbons (Fsp3) is 0.115. The standard InChI is InChI=1S/C61H45F7O6/c1-3-46(30-29-40(2)47-31-49(62)54(50(63)32-47)61(67,68)74-48-33-51(64)55(66)52(65)34-48)53-56(69-35-41-19-9-4-10-20-41)58(71-37-43-23-13-6-14-24-43)60(73-39-45-27-17-8-18-28-45)59(72-38-44-25-15-7-16-26-44)57(53)70-36-42-21-11-5-12-22-42/h1,4-34H,35-39H2,2H3/b40-29+,46-30+. The summed E-state index contributed by atoms with van der Waals surface area (Å²) >= 11 is 0. The Morgan fingerprint density at radius 1 is 0.459 bits per heavy atom. The Labute approximate surface area is 423 Å². The van der Waals surface area contributed by atoms with Crippen LogP contribution in [-0.2, 0) is 39.1 Å². The quantitative estimate of drug-likeness (QED) is 0.0309.